The van der Waals surface area contributed by atoms with E-state index >= 15 is 0 Å². The molecule has 0 unspecified atom stereocenters. The van der Waals surface area contributed by atoms with Gasteiger partial charge in [0.1, 0.15) is 12.2 Å². The Morgan fingerprint density at radius 3 is 2.20 bits per heavy atom. The average Bonchev–Trinajstić information content (AvgIpc) is 1.84. The Morgan fingerprint density at radius 1 is 1.70 bits per heavy atom. The van der Waals surface area contributed by atoms with Crippen molar-refractivity contribution in [3.05, 3.63) is 0 Å². The second-order valence-corrected chi connectivity index (χ2v) is 1.73. The first-order valence-corrected chi connectivity index (χ1v) is 2.57. The smallest absolute Gasteiger partial charge is 0.325 e. The highest BCUT2D eigenvalue weighted by atomic mass is 35.5. The van der Waals surface area contributed by atoms with Crippen molar-refractivity contribution in [3.8, 4) is 0 Å². The number of carbonyl (C=O) groups excluding carboxylic acids is 1. The fraction of sp³-hybridized carbons (Fsp3) is 0.800. The maximum atomic E-state index is 12.1. The van der Waals surface area contributed by atoms with Gasteiger partial charge in [-0.05, 0) is 6.92 Å². The molecule has 2 N–H and O–H groups in total. The lowest BCUT2D eigenvalue weighted by molar-refractivity contribution is -0.143. The quantitative estimate of drug-likeness (QED) is 0.607. The fourth-order valence-corrected chi connectivity index (χ4v) is 0.324. The highest BCUT2D eigenvalue weighted by Gasteiger charge is 2.20. The van der Waals surface area contributed by atoms with E-state index in [9.17, 15) is 9.18 Å². The normalized spacial score (nSPS) is 14.8. The molecule has 0 aliphatic carbocycles. The molecule has 0 aromatic rings. The second-order valence-electron chi connectivity index (χ2n) is 1.73. The Labute approximate surface area is 65.1 Å². The number of halogens is 2. The van der Waals surface area contributed by atoms with Gasteiger partial charge in [0.2, 0.25) is 0 Å². The van der Waals surface area contributed by atoms with E-state index in [0.29, 0.717) is 0 Å². The number of nitrogens with two attached hydrogens (primary N) is 1. The lowest BCUT2D eigenvalue weighted by atomic mass is 10.2. The number of esters is 1. The zero-order valence-corrected chi connectivity index (χ0v) is 6.65. The Hall–Kier alpha value is -0.350. The Balaban J connectivity index is 0. The van der Waals surface area contributed by atoms with Gasteiger partial charge >= 0.3 is 5.97 Å². The first kappa shape index (κ1) is 12.3. The van der Waals surface area contributed by atoms with Crippen molar-refractivity contribution in [1.29, 1.82) is 0 Å². The standard InChI is InChI=1S/C5H10FNO2.ClH/c1-3(6)4(7)5(8)9-2;/h3-4H,7H2,1-2H3;1H/t3-,4+;/m1./s1. The van der Waals surface area contributed by atoms with Gasteiger partial charge in [-0.2, -0.15) is 0 Å². The molecule has 0 radical (unpaired) electrons. The number of methoxy groups -OCH3 is 1. The highest BCUT2D eigenvalue weighted by molar-refractivity contribution is 5.85. The monoisotopic (exact) mass is 171 g/mol. The third-order valence-corrected chi connectivity index (χ3v) is 0.968. The molecule has 2 atom stereocenters. The largest absolute Gasteiger partial charge is 0.468 e. The van der Waals surface area contributed by atoms with Crippen LogP contribution >= 0.6 is 12.4 Å². The average molecular weight is 172 g/mol. The molecule has 0 saturated carbocycles. The molecule has 10 heavy (non-hydrogen) atoms. The summed E-state index contributed by atoms with van der Waals surface area (Å²) in [6.45, 7) is 1.21. The molecule has 0 spiro atoms. The Morgan fingerprint density at radius 2 is 2.10 bits per heavy atom. The first-order chi connectivity index (χ1) is 4.09. The molecule has 0 aromatic carbocycles. The van der Waals surface area contributed by atoms with Gasteiger partial charge in [-0.1, -0.05) is 0 Å². The molecule has 0 rings (SSSR count). The zero-order valence-electron chi connectivity index (χ0n) is 5.83. The molecule has 0 aliphatic rings. The van der Waals surface area contributed by atoms with Gasteiger partial charge in [-0.15, -0.1) is 12.4 Å². The second kappa shape index (κ2) is 5.44. The van der Waals surface area contributed by atoms with Crippen LogP contribution in [0, 0.1) is 0 Å². The van der Waals surface area contributed by atoms with E-state index in [1.54, 1.807) is 0 Å². The summed E-state index contributed by atoms with van der Waals surface area (Å²) in [5, 5.41) is 0. The van der Waals surface area contributed by atoms with Crippen LogP contribution in [0.25, 0.3) is 0 Å². The number of ether oxygens (including phenoxy) is 1. The first-order valence-electron chi connectivity index (χ1n) is 2.57. The molecule has 5 heteroatoms. The van der Waals surface area contributed by atoms with Gasteiger partial charge in [-0.3, -0.25) is 4.79 Å². The minimum absolute atomic E-state index is 0. The molecule has 0 amide bonds. The van der Waals surface area contributed by atoms with Crippen LogP contribution in [0.1, 0.15) is 6.92 Å². The molecule has 62 valence electrons. The fourth-order valence-electron chi connectivity index (χ4n) is 0.324. The summed E-state index contributed by atoms with van der Waals surface area (Å²) in [6, 6.07) is -1.14. The molecule has 0 bridgehead atoms. The molecular formula is C5H11ClFNO2. The van der Waals surface area contributed by atoms with Gasteiger partial charge in [-0.25, -0.2) is 4.39 Å². The number of rotatable bonds is 2. The maximum Gasteiger partial charge on any atom is 0.325 e. The summed E-state index contributed by atoms with van der Waals surface area (Å²) in [4.78, 5) is 10.4. The van der Waals surface area contributed by atoms with Gasteiger partial charge in [0.05, 0.1) is 7.11 Å². The van der Waals surface area contributed by atoms with Gasteiger partial charge < -0.3 is 10.5 Å². The molecule has 3 nitrogen and oxygen atoms in total. The van der Waals surface area contributed by atoms with Gasteiger partial charge in [0, 0.05) is 0 Å². The molecule has 0 fully saturated rings. The van der Waals surface area contributed by atoms with Crippen LogP contribution in [0.4, 0.5) is 4.39 Å². The van der Waals surface area contributed by atoms with Crippen molar-refractivity contribution in [2.24, 2.45) is 5.73 Å². The minimum atomic E-state index is -1.35. The number of hydrogen-bond acceptors (Lipinski definition) is 3. The van der Waals surface area contributed by atoms with Crippen LogP contribution in [-0.2, 0) is 9.53 Å². The van der Waals surface area contributed by atoms with Crippen molar-refractivity contribution in [3.63, 3.8) is 0 Å². The minimum Gasteiger partial charge on any atom is -0.468 e. The van der Waals surface area contributed by atoms with E-state index in [1.165, 1.54) is 14.0 Å². The maximum absolute atomic E-state index is 12.1. The summed E-state index contributed by atoms with van der Waals surface area (Å²) < 4.78 is 16.3. The van der Waals surface area contributed by atoms with Crippen molar-refractivity contribution in [2.45, 2.75) is 19.1 Å². The number of carbonyl (C=O) groups is 1. The van der Waals surface area contributed by atoms with Crippen LogP contribution in [0.3, 0.4) is 0 Å². The van der Waals surface area contributed by atoms with Crippen LogP contribution in [0.2, 0.25) is 0 Å². The van der Waals surface area contributed by atoms with Crippen LogP contribution < -0.4 is 5.73 Å². The summed E-state index contributed by atoms with van der Waals surface area (Å²) in [5.41, 5.74) is 5.02. The lowest BCUT2D eigenvalue weighted by Crippen LogP contribution is -2.38. The van der Waals surface area contributed by atoms with Crippen LogP contribution in [-0.4, -0.2) is 25.3 Å². The topological polar surface area (TPSA) is 52.3 Å². The number of alkyl halides is 1. The van der Waals surface area contributed by atoms with E-state index in [2.05, 4.69) is 4.74 Å². The van der Waals surface area contributed by atoms with Crippen molar-refractivity contribution < 1.29 is 13.9 Å². The van der Waals surface area contributed by atoms with Crippen molar-refractivity contribution in [2.75, 3.05) is 7.11 Å². The Kier molecular flexibility index (Phi) is 6.71. The molecule has 0 aliphatic heterocycles. The van der Waals surface area contributed by atoms with Gasteiger partial charge in [0.15, 0.2) is 0 Å². The number of hydrogen-bond donors (Lipinski definition) is 1. The van der Waals surface area contributed by atoms with E-state index in [1.807, 2.05) is 0 Å². The molecule has 0 saturated heterocycles. The molecular weight excluding hydrogens is 161 g/mol. The van der Waals surface area contributed by atoms with Crippen LogP contribution in [0.15, 0.2) is 0 Å². The van der Waals surface area contributed by atoms with Gasteiger partial charge in [0.25, 0.3) is 0 Å². The lowest BCUT2D eigenvalue weighted by Gasteiger charge is -2.08. The predicted octanol–water partition coefficient (Wildman–Crippen LogP) is 0.266. The van der Waals surface area contributed by atoms with Crippen molar-refractivity contribution in [1.82, 2.24) is 0 Å². The van der Waals surface area contributed by atoms with E-state index in [-0.39, 0.29) is 12.4 Å². The summed E-state index contributed by atoms with van der Waals surface area (Å²) in [5.74, 6) is -0.718. The molecule has 0 heterocycles. The van der Waals surface area contributed by atoms with E-state index < -0.39 is 18.2 Å². The Bertz CT molecular complexity index is 110. The third kappa shape index (κ3) is 3.63. The summed E-state index contributed by atoms with van der Waals surface area (Å²) in [7, 11) is 1.17. The van der Waals surface area contributed by atoms with Crippen molar-refractivity contribution >= 4 is 18.4 Å². The highest BCUT2D eigenvalue weighted by Crippen LogP contribution is 1.95. The zero-order chi connectivity index (χ0) is 7.44. The summed E-state index contributed by atoms with van der Waals surface area (Å²) >= 11 is 0. The van der Waals surface area contributed by atoms with E-state index in [4.69, 9.17) is 5.73 Å². The SMILES string of the molecule is COC(=O)[C@@H](N)[C@@H](C)F.Cl. The summed E-state index contributed by atoms with van der Waals surface area (Å²) in [6.07, 6.45) is -1.35. The third-order valence-electron chi connectivity index (χ3n) is 0.968. The molecule has 0 aromatic heterocycles. The predicted molar refractivity (Wildman–Crippen MR) is 37.8 cm³/mol. The van der Waals surface area contributed by atoms with Crippen LogP contribution in [0.5, 0.6) is 0 Å². The van der Waals surface area contributed by atoms with E-state index in [0.717, 1.165) is 0 Å².